The summed E-state index contributed by atoms with van der Waals surface area (Å²) in [7, 11) is -3.21. The number of carbonyl (C=O) groups excluding carboxylic acids is 3. The van der Waals surface area contributed by atoms with Gasteiger partial charge in [-0.05, 0) is 37.0 Å². The molecule has 0 radical (unpaired) electrons. The van der Waals surface area contributed by atoms with Crippen molar-refractivity contribution in [2.24, 2.45) is 11.8 Å². The Morgan fingerprint density at radius 1 is 1.18 bits per heavy atom. The Bertz CT molecular complexity index is 1000. The molecule has 1 heterocycles. The van der Waals surface area contributed by atoms with Crippen LogP contribution in [0.4, 0.5) is 13.2 Å². The Kier molecular flexibility index (Phi) is 9.06. The first-order valence-electron chi connectivity index (χ1n) is 10.5. The molecule has 1 atom stereocenters. The van der Waals surface area contributed by atoms with Crippen molar-refractivity contribution < 1.29 is 45.4 Å². The van der Waals surface area contributed by atoms with Crippen molar-refractivity contribution in [1.82, 2.24) is 9.62 Å². The summed E-state index contributed by atoms with van der Waals surface area (Å²) in [5.41, 5.74) is -1.15. The van der Waals surface area contributed by atoms with Gasteiger partial charge in [0.1, 0.15) is 6.04 Å². The molecular weight excluding hydrogens is 481 g/mol. The molecule has 1 N–H and O–H groups in total. The second-order valence-corrected chi connectivity index (χ2v) is 9.87. The van der Waals surface area contributed by atoms with E-state index in [2.05, 4.69) is 9.46 Å². The molecule has 1 aliphatic heterocycles. The van der Waals surface area contributed by atoms with Crippen LogP contribution < -0.4 is 4.72 Å². The molecule has 1 aromatic rings. The standard InChI is InChI=1S/C21H27F3N2O7S/c1-13(2)18(25-34(30,31)16-6-4-5-15(11-16)21(22,23)24)20(29)33-12-17(27)26-9-7-14(8-10-26)19(28)32-3/h4-6,11,13-14,18,25H,7-10,12H2,1-3H3/t18-/m0/s1. The number of alkyl halides is 3. The molecule has 1 saturated heterocycles. The van der Waals surface area contributed by atoms with Crippen LogP contribution in [0.3, 0.4) is 0 Å². The molecule has 190 valence electrons. The number of hydrogen-bond donors (Lipinski definition) is 1. The van der Waals surface area contributed by atoms with Gasteiger partial charge in [0, 0.05) is 13.1 Å². The number of hydrogen-bond acceptors (Lipinski definition) is 7. The number of methoxy groups -OCH3 is 1. The van der Waals surface area contributed by atoms with Crippen LogP contribution in [-0.2, 0) is 40.1 Å². The summed E-state index contributed by atoms with van der Waals surface area (Å²) in [5.74, 6) is -2.85. The van der Waals surface area contributed by atoms with Gasteiger partial charge < -0.3 is 14.4 Å². The van der Waals surface area contributed by atoms with Crippen LogP contribution in [0, 0.1) is 11.8 Å². The molecule has 1 amide bonds. The second kappa shape index (κ2) is 11.2. The number of halogens is 3. The monoisotopic (exact) mass is 508 g/mol. The molecule has 34 heavy (non-hydrogen) atoms. The number of carbonyl (C=O) groups is 3. The molecule has 0 unspecified atom stereocenters. The van der Waals surface area contributed by atoms with Crippen molar-refractivity contribution in [1.29, 1.82) is 0 Å². The molecular formula is C21H27F3N2O7S. The van der Waals surface area contributed by atoms with E-state index in [9.17, 15) is 36.0 Å². The van der Waals surface area contributed by atoms with E-state index >= 15 is 0 Å². The van der Waals surface area contributed by atoms with Crippen molar-refractivity contribution in [3.8, 4) is 0 Å². The number of rotatable bonds is 8. The number of piperidine rings is 1. The highest BCUT2D eigenvalue weighted by Crippen LogP contribution is 2.30. The van der Waals surface area contributed by atoms with Crippen LogP contribution in [-0.4, -0.2) is 64.0 Å². The number of nitrogens with one attached hydrogen (secondary N) is 1. The Balaban J connectivity index is 2.01. The number of nitrogens with zero attached hydrogens (tertiary/aromatic N) is 1. The van der Waals surface area contributed by atoms with Gasteiger partial charge in [-0.1, -0.05) is 19.9 Å². The van der Waals surface area contributed by atoms with Crippen molar-refractivity contribution in [2.75, 3.05) is 26.8 Å². The highest BCUT2D eigenvalue weighted by atomic mass is 32.2. The minimum absolute atomic E-state index is 0.270. The first kappa shape index (κ1) is 27.6. The van der Waals surface area contributed by atoms with Gasteiger partial charge in [0.15, 0.2) is 6.61 Å². The van der Waals surface area contributed by atoms with E-state index in [1.165, 1.54) is 25.9 Å². The predicted octanol–water partition coefficient (Wildman–Crippen LogP) is 1.96. The van der Waals surface area contributed by atoms with Gasteiger partial charge in [-0.2, -0.15) is 17.9 Å². The Labute approximate surface area is 195 Å². The number of likely N-dealkylation sites (tertiary alicyclic amines) is 1. The summed E-state index contributed by atoms with van der Waals surface area (Å²) in [4.78, 5) is 37.2. The third-order valence-corrected chi connectivity index (χ3v) is 6.83. The van der Waals surface area contributed by atoms with Crippen LogP contribution >= 0.6 is 0 Å². The maximum absolute atomic E-state index is 12.9. The molecule has 9 nitrogen and oxygen atoms in total. The molecule has 2 rings (SSSR count). The largest absolute Gasteiger partial charge is 0.469 e. The second-order valence-electron chi connectivity index (χ2n) is 8.15. The fourth-order valence-corrected chi connectivity index (χ4v) is 4.75. The van der Waals surface area contributed by atoms with Crippen LogP contribution in [0.5, 0.6) is 0 Å². The SMILES string of the molecule is COC(=O)C1CCN(C(=O)COC(=O)[C@@H](NS(=O)(=O)c2cccc(C(F)(F)F)c2)C(C)C)CC1. The normalized spacial score (nSPS) is 16.3. The maximum atomic E-state index is 12.9. The highest BCUT2D eigenvalue weighted by Gasteiger charge is 2.34. The number of amides is 1. The van der Waals surface area contributed by atoms with Crippen LogP contribution in [0.15, 0.2) is 29.2 Å². The average Bonchev–Trinajstić information content (AvgIpc) is 2.79. The van der Waals surface area contributed by atoms with E-state index in [1.807, 2.05) is 0 Å². The first-order chi connectivity index (χ1) is 15.8. The summed E-state index contributed by atoms with van der Waals surface area (Å²) in [5, 5.41) is 0. The summed E-state index contributed by atoms with van der Waals surface area (Å²) in [6.45, 7) is 2.92. The number of ether oxygens (including phenoxy) is 2. The van der Waals surface area contributed by atoms with Crippen LogP contribution in [0.25, 0.3) is 0 Å². The van der Waals surface area contributed by atoms with Gasteiger partial charge >= 0.3 is 18.1 Å². The number of esters is 2. The number of sulfonamides is 1. The first-order valence-corrected chi connectivity index (χ1v) is 12.0. The predicted molar refractivity (Wildman–Crippen MR) is 113 cm³/mol. The molecule has 0 aliphatic carbocycles. The Morgan fingerprint density at radius 3 is 2.32 bits per heavy atom. The lowest BCUT2D eigenvalue weighted by Crippen LogP contribution is -2.47. The van der Waals surface area contributed by atoms with Crippen LogP contribution in [0.2, 0.25) is 0 Å². The van der Waals surface area contributed by atoms with E-state index in [0.717, 1.165) is 18.2 Å². The summed E-state index contributed by atoms with van der Waals surface area (Å²) < 4.78 is 75.8. The van der Waals surface area contributed by atoms with Crippen molar-refractivity contribution in [3.05, 3.63) is 29.8 Å². The van der Waals surface area contributed by atoms with E-state index in [0.29, 0.717) is 18.9 Å². The summed E-state index contributed by atoms with van der Waals surface area (Å²) in [6.07, 6.45) is -3.94. The molecule has 13 heteroatoms. The van der Waals surface area contributed by atoms with Gasteiger partial charge in [0.2, 0.25) is 10.0 Å². The quantitative estimate of drug-likeness (QED) is 0.533. The maximum Gasteiger partial charge on any atom is 0.416 e. The van der Waals surface area contributed by atoms with Crippen molar-refractivity contribution >= 4 is 27.9 Å². The third kappa shape index (κ3) is 7.16. The van der Waals surface area contributed by atoms with E-state index in [4.69, 9.17) is 4.74 Å². The van der Waals surface area contributed by atoms with E-state index in [1.54, 1.807) is 0 Å². The molecule has 1 aromatic carbocycles. The molecule has 0 bridgehead atoms. The minimum Gasteiger partial charge on any atom is -0.469 e. The van der Waals surface area contributed by atoms with Gasteiger partial charge in [-0.25, -0.2) is 8.42 Å². The topological polar surface area (TPSA) is 119 Å². The highest BCUT2D eigenvalue weighted by molar-refractivity contribution is 7.89. The third-order valence-electron chi connectivity index (χ3n) is 5.39. The van der Waals surface area contributed by atoms with Gasteiger partial charge in [-0.15, -0.1) is 0 Å². The molecule has 0 saturated carbocycles. The zero-order chi connectivity index (χ0) is 25.7. The summed E-state index contributed by atoms with van der Waals surface area (Å²) in [6, 6.07) is 1.68. The lowest BCUT2D eigenvalue weighted by Gasteiger charge is -2.30. The van der Waals surface area contributed by atoms with Crippen molar-refractivity contribution in [2.45, 2.75) is 43.8 Å². The van der Waals surface area contributed by atoms with Crippen molar-refractivity contribution in [3.63, 3.8) is 0 Å². The van der Waals surface area contributed by atoms with E-state index < -0.39 is 57.1 Å². The molecule has 1 fully saturated rings. The lowest BCUT2D eigenvalue weighted by molar-refractivity contribution is -0.155. The van der Waals surface area contributed by atoms with Gasteiger partial charge in [-0.3, -0.25) is 14.4 Å². The summed E-state index contributed by atoms with van der Waals surface area (Å²) >= 11 is 0. The minimum atomic E-state index is -4.74. The molecule has 0 aromatic heterocycles. The smallest absolute Gasteiger partial charge is 0.416 e. The van der Waals surface area contributed by atoms with Crippen LogP contribution in [0.1, 0.15) is 32.3 Å². The van der Waals surface area contributed by atoms with Gasteiger partial charge in [0.05, 0.1) is 23.5 Å². The zero-order valence-corrected chi connectivity index (χ0v) is 19.7. The van der Waals surface area contributed by atoms with E-state index in [-0.39, 0.29) is 25.0 Å². The lowest BCUT2D eigenvalue weighted by atomic mass is 9.97. The molecule has 1 aliphatic rings. The fourth-order valence-electron chi connectivity index (χ4n) is 3.38. The Hall–Kier alpha value is -2.67. The molecule has 0 spiro atoms. The number of benzene rings is 1. The average molecular weight is 509 g/mol. The fraction of sp³-hybridized carbons (Fsp3) is 0.571. The zero-order valence-electron chi connectivity index (χ0n) is 18.9. The Morgan fingerprint density at radius 2 is 1.79 bits per heavy atom. The van der Waals surface area contributed by atoms with Gasteiger partial charge in [0.25, 0.3) is 5.91 Å².